The van der Waals surface area contributed by atoms with Crippen LogP contribution in [0.1, 0.15) is 22.9 Å². The molecule has 1 heterocycles. The third kappa shape index (κ3) is 4.58. The van der Waals surface area contributed by atoms with Gasteiger partial charge in [0.05, 0.1) is 12.1 Å². The first kappa shape index (κ1) is 19.6. The second kappa shape index (κ2) is 8.26. The van der Waals surface area contributed by atoms with E-state index in [9.17, 15) is 23.5 Å². The van der Waals surface area contributed by atoms with E-state index >= 15 is 0 Å². The number of carbonyl (C=O) groups excluding carboxylic acids is 1. The average Bonchev–Trinajstić information content (AvgIpc) is 3.10. The lowest BCUT2D eigenvalue weighted by molar-refractivity contribution is -0.142. The highest BCUT2D eigenvalue weighted by Crippen LogP contribution is 2.24. The van der Waals surface area contributed by atoms with Crippen LogP contribution in [-0.2, 0) is 16.0 Å². The zero-order chi connectivity index (χ0) is 20.3. The summed E-state index contributed by atoms with van der Waals surface area (Å²) in [4.78, 5) is 28.1. The Morgan fingerprint density at radius 3 is 2.57 bits per heavy atom. The quantitative estimate of drug-likeness (QED) is 0.656. The molecule has 0 radical (unpaired) electrons. The van der Waals surface area contributed by atoms with Crippen LogP contribution >= 0.6 is 11.3 Å². The number of aromatic nitrogens is 1. The third-order valence-electron chi connectivity index (χ3n) is 4.01. The number of hydrogen-bond acceptors (Lipinski definition) is 4. The van der Waals surface area contributed by atoms with Crippen LogP contribution in [0.15, 0.2) is 47.8 Å². The number of carbonyl (C=O) groups is 2. The van der Waals surface area contributed by atoms with Crippen molar-refractivity contribution in [2.24, 2.45) is 0 Å². The van der Waals surface area contributed by atoms with E-state index in [1.807, 2.05) is 31.2 Å². The molecule has 28 heavy (non-hydrogen) atoms. The topological polar surface area (TPSA) is 79.3 Å². The van der Waals surface area contributed by atoms with Gasteiger partial charge in [0.25, 0.3) is 0 Å². The minimum absolute atomic E-state index is 0.178. The van der Waals surface area contributed by atoms with Gasteiger partial charge in [0.15, 0.2) is 6.04 Å². The van der Waals surface area contributed by atoms with Crippen LogP contribution in [0.5, 0.6) is 0 Å². The largest absolute Gasteiger partial charge is 0.479 e. The Morgan fingerprint density at radius 1 is 1.18 bits per heavy atom. The number of benzene rings is 2. The Hall–Kier alpha value is -3.13. The minimum atomic E-state index is -1.70. The van der Waals surface area contributed by atoms with Gasteiger partial charge < -0.3 is 10.4 Å². The van der Waals surface area contributed by atoms with Gasteiger partial charge >= 0.3 is 5.97 Å². The van der Waals surface area contributed by atoms with Gasteiger partial charge in [-0.3, -0.25) is 4.79 Å². The summed E-state index contributed by atoms with van der Waals surface area (Å²) in [6.07, 6.45) is -0.178. The number of nitrogens with zero attached hydrogens (tertiary/aromatic N) is 1. The molecule has 2 aromatic carbocycles. The van der Waals surface area contributed by atoms with Gasteiger partial charge in [-0.2, -0.15) is 0 Å². The Bertz CT molecular complexity index is 1020. The minimum Gasteiger partial charge on any atom is -0.479 e. The van der Waals surface area contributed by atoms with Crippen LogP contribution < -0.4 is 5.32 Å². The number of hydrogen-bond donors (Lipinski definition) is 2. The number of rotatable bonds is 6. The second-order valence-corrected chi connectivity index (χ2v) is 7.05. The monoisotopic (exact) mass is 402 g/mol. The number of thiazole rings is 1. The Labute approximate surface area is 163 Å². The van der Waals surface area contributed by atoms with Gasteiger partial charge in [0, 0.05) is 16.5 Å². The lowest BCUT2D eigenvalue weighted by Gasteiger charge is -2.15. The Morgan fingerprint density at radius 2 is 1.89 bits per heavy atom. The van der Waals surface area contributed by atoms with Crippen LogP contribution in [0.25, 0.3) is 10.6 Å². The van der Waals surface area contributed by atoms with Gasteiger partial charge in [0.2, 0.25) is 5.91 Å². The third-order valence-corrected chi connectivity index (χ3v) is 4.95. The molecule has 1 atom stereocenters. The molecule has 3 rings (SSSR count). The number of carboxylic acid groups (broad SMARTS) is 1. The molecule has 3 aromatic rings. The van der Waals surface area contributed by atoms with Gasteiger partial charge in [-0.05, 0) is 25.1 Å². The van der Waals surface area contributed by atoms with Gasteiger partial charge in [-0.1, -0.05) is 29.8 Å². The van der Waals surface area contributed by atoms with E-state index < -0.39 is 35.1 Å². The fourth-order valence-corrected chi connectivity index (χ4v) is 3.43. The van der Waals surface area contributed by atoms with Crippen molar-refractivity contribution < 1.29 is 23.5 Å². The molecule has 0 bridgehead atoms. The normalized spacial score (nSPS) is 11.8. The predicted octanol–water partition coefficient (Wildman–Crippen LogP) is 3.88. The molecule has 2 N–H and O–H groups in total. The second-order valence-electron chi connectivity index (χ2n) is 6.19. The summed E-state index contributed by atoms with van der Waals surface area (Å²) in [6.45, 7) is 1.97. The van der Waals surface area contributed by atoms with Crippen molar-refractivity contribution in [3.63, 3.8) is 0 Å². The van der Waals surface area contributed by atoms with E-state index in [2.05, 4.69) is 10.3 Å². The fraction of sp³-hybridized carbons (Fsp3) is 0.150. The summed E-state index contributed by atoms with van der Waals surface area (Å²) in [5.41, 5.74) is 2.04. The van der Waals surface area contributed by atoms with E-state index in [0.717, 1.165) is 34.3 Å². The molecule has 0 saturated carbocycles. The van der Waals surface area contributed by atoms with Crippen molar-refractivity contribution in [2.45, 2.75) is 19.4 Å². The first-order valence-corrected chi connectivity index (χ1v) is 9.20. The van der Waals surface area contributed by atoms with Crippen molar-refractivity contribution in [3.8, 4) is 10.6 Å². The van der Waals surface area contributed by atoms with Crippen molar-refractivity contribution in [1.82, 2.24) is 10.3 Å². The first-order chi connectivity index (χ1) is 13.3. The summed E-state index contributed by atoms with van der Waals surface area (Å²) in [7, 11) is 0. The number of aliphatic carboxylic acids is 1. The SMILES string of the molecule is Cc1ccc(-c2nc(CC(=O)NC(C(=O)O)c3cc(F)ccc3F)cs2)cc1. The molecule has 0 spiro atoms. The summed E-state index contributed by atoms with van der Waals surface area (Å²) in [5.74, 6) is -3.85. The molecule has 0 aliphatic heterocycles. The number of halogens is 2. The highest BCUT2D eigenvalue weighted by molar-refractivity contribution is 7.13. The van der Waals surface area contributed by atoms with Crippen molar-refractivity contribution in [2.75, 3.05) is 0 Å². The first-order valence-electron chi connectivity index (χ1n) is 8.32. The molecular weight excluding hydrogens is 386 g/mol. The van der Waals surface area contributed by atoms with Crippen LogP contribution in [-0.4, -0.2) is 22.0 Å². The Kier molecular flexibility index (Phi) is 5.79. The summed E-state index contributed by atoms with van der Waals surface area (Å²) < 4.78 is 27.2. The Balaban J connectivity index is 1.73. The van der Waals surface area contributed by atoms with Gasteiger partial charge in [-0.25, -0.2) is 18.6 Å². The molecule has 1 unspecified atom stereocenters. The van der Waals surface area contributed by atoms with E-state index in [4.69, 9.17) is 0 Å². The number of aryl methyl sites for hydroxylation is 1. The van der Waals surface area contributed by atoms with Crippen LogP contribution in [0.4, 0.5) is 8.78 Å². The molecule has 0 fully saturated rings. The maximum atomic E-state index is 13.9. The molecule has 144 valence electrons. The summed E-state index contributed by atoms with van der Waals surface area (Å²) >= 11 is 1.36. The fourth-order valence-electron chi connectivity index (χ4n) is 2.60. The average molecular weight is 402 g/mol. The van der Waals surface area contributed by atoms with Crippen LogP contribution in [0.2, 0.25) is 0 Å². The smallest absolute Gasteiger partial charge is 0.331 e. The van der Waals surface area contributed by atoms with Crippen molar-refractivity contribution in [1.29, 1.82) is 0 Å². The highest BCUT2D eigenvalue weighted by Gasteiger charge is 2.26. The molecule has 1 aromatic heterocycles. The van der Waals surface area contributed by atoms with Gasteiger partial charge in [0.1, 0.15) is 16.6 Å². The predicted molar refractivity (Wildman–Crippen MR) is 101 cm³/mol. The van der Waals surface area contributed by atoms with Gasteiger partial charge in [-0.15, -0.1) is 11.3 Å². The maximum Gasteiger partial charge on any atom is 0.331 e. The molecule has 1 amide bonds. The summed E-state index contributed by atoms with van der Waals surface area (Å²) in [6, 6.07) is 8.51. The number of carboxylic acids is 1. The summed E-state index contributed by atoms with van der Waals surface area (Å²) in [5, 5.41) is 14.0. The number of nitrogens with one attached hydrogen (secondary N) is 1. The van der Waals surface area contributed by atoms with Crippen LogP contribution in [0.3, 0.4) is 0 Å². The molecule has 5 nitrogen and oxygen atoms in total. The molecule has 8 heteroatoms. The maximum absolute atomic E-state index is 13.9. The standard InChI is InChI=1S/C20H16F2N2O3S/c1-11-2-4-12(5-3-11)19-23-14(10-28-19)9-17(25)24-18(20(26)27)15-8-13(21)6-7-16(15)22/h2-8,10,18H,9H2,1H3,(H,24,25)(H,26,27). The van der Waals surface area contributed by atoms with Crippen molar-refractivity contribution in [3.05, 3.63) is 76.3 Å². The zero-order valence-electron chi connectivity index (χ0n) is 14.8. The van der Waals surface area contributed by atoms with Crippen molar-refractivity contribution >= 4 is 23.2 Å². The van der Waals surface area contributed by atoms with E-state index in [1.54, 1.807) is 5.38 Å². The zero-order valence-corrected chi connectivity index (χ0v) is 15.6. The number of amides is 1. The van der Waals surface area contributed by atoms with Crippen LogP contribution in [0, 0.1) is 18.6 Å². The molecule has 0 aliphatic rings. The van der Waals surface area contributed by atoms with E-state index in [-0.39, 0.29) is 6.42 Å². The lowest BCUT2D eigenvalue weighted by Crippen LogP contribution is -2.35. The highest BCUT2D eigenvalue weighted by atomic mass is 32.1. The van der Waals surface area contributed by atoms with E-state index in [0.29, 0.717) is 5.69 Å². The molecule has 0 saturated heterocycles. The molecule has 0 aliphatic carbocycles. The molecular formula is C20H16F2N2O3S. The van der Waals surface area contributed by atoms with E-state index in [1.165, 1.54) is 11.3 Å². The lowest BCUT2D eigenvalue weighted by atomic mass is 10.1.